The molecule has 1 aromatic rings. The quantitative estimate of drug-likeness (QED) is 0.576. The van der Waals surface area contributed by atoms with E-state index in [1.165, 1.54) is 0 Å². The van der Waals surface area contributed by atoms with E-state index >= 15 is 0 Å². The molecule has 180 valence electrons. The van der Waals surface area contributed by atoms with E-state index in [0.717, 1.165) is 23.1 Å². The predicted octanol–water partition coefficient (Wildman–Crippen LogP) is 5.06. The summed E-state index contributed by atoms with van der Waals surface area (Å²) < 4.78 is 98.5. The van der Waals surface area contributed by atoms with Crippen LogP contribution >= 0.6 is 0 Å². The van der Waals surface area contributed by atoms with Crippen molar-refractivity contribution in [3.63, 3.8) is 0 Å². The van der Waals surface area contributed by atoms with E-state index in [0.29, 0.717) is 0 Å². The Morgan fingerprint density at radius 1 is 1.19 bits per heavy atom. The Kier molecular flexibility index (Phi) is 7.67. The van der Waals surface area contributed by atoms with Gasteiger partial charge in [0.05, 0.1) is 12.6 Å². The highest BCUT2D eigenvalue weighted by Gasteiger charge is 2.47. The minimum Gasteiger partial charge on any atom is -0.444 e. The fourth-order valence-corrected chi connectivity index (χ4v) is 3.54. The lowest BCUT2D eigenvalue weighted by molar-refractivity contribution is -0.191. The first-order valence-electron chi connectivity index (χ1n) is 9.70. The number of benzene rings is 1. The van der Waals surface area contributed by atoms with Crippen LogP contribution in [0.2, 0.25) is 0 Å². The summed E-state index contributed by atoms with van der Waals surface area (Å²) in [6.45, 7) is 2.85. The van der Waals surface area contributed by atoms with Crippen molar-refractivity contribution in [2.45, 2.75) is 63.9 Å². The zero-order chi connectivity index (χ0) is 24.4. The molecule has 1 heterocycles. The van der Waals surface area contributed by atoms with E-state index in [1.807, 2.05) is 0 Å². The Hall–Kier alpha value is -2.53. The van der Waals surface area contributed by atoms with Crippen molar-refractivity contribution in [2.24, 2.45) is 0 Å². The van der Waals surface area contributed by atoms with E-state index in [2.05, 4.69) is 0 Å². The predicted molar refractivity (Wildman–Crippen MR) is 98.8 cm³/mol. The summed E-state index contributed by atoms with van der Waals surface area (Å²) in [6.07, 6.45) is -10.4. The number of carbonyl (C=O) groups is 2. The lowest BCUT2D eigenvalue weighted by atomic mass is 9.90. The summed E-state index contributed by atoms with van der Waals surface area (Å²) in [5, 5.41) is 0. The molecule has 2 atom stereocenters. The number of halogens is 7. The van der Waals surface area contributed by atoms with Gasteiger partial charge in [0.1, 0.15) is 17.2 Å². The number of nitrogens with zero attached hydrogens (tertiary/aromatic N) is 2. The van der Waals surface area contributed by atoms with E-state index in [4.69, 9.17) is 4.74 Å². The fourth-order valence-electron chi connectivity index (χ4n) is 3.54. The van der Waals surface area contributed by atoms with Gasteiger partial charge in [0.2, 0.25) is 0 Å². The topological polar surface area (TPSA) is 49.9 Å². The van der Waals surface area contributed by atoms with Gasteiger partial charge in [0.15, 0.2) is 0 Å². The first kappa shape index (κ1) is 25.7. The summed E-state index contributed by atoms with van der Waals surface area (Å²) >= 11 is 0. The Labute approximate surface area is 180 Å². The number of alkyl halides is 5. The largest absolute Gasteiger partial charge is 0.471 e. The lowest BCUT2D eigenvalue weighted by Crippen LogP contribution is -2.54. The van der Waals surface area contributed by atoms with Gasteiger partial charge in [-0.3, -0.25) is 4.79 Å². The molecular weight excluding hydrogens is 449 g/mol. The maximum Gasteiger partial charge on any atom is 0.471 e. The average molecular weight is 472 g/mol. The highest BCUT2D eigenvalue weighted by Crippen LogP contribution is 2.37. The maximum absolute atomic E-state index is 14.5. The van der Waals surface area contributed by atoms with Crippen molar-refractivity contribution in [1.29, 1.82) is 0 Å². The molecule has 1 aromatic carbocycles. The molecule has 0 aromatic heterocycles. The van der Waals surface area contributed by atoms with Crippen LogP contribution in [0.4, 0.5) is 35.5 Å². The number of hydrogen-bond donors (Lipinski definition) is 0. The zero-order valence-electron chi connectivity index (χ0n) is 17.6. The second-order valence-corrected chi connectivity index (χ2v) is 8.38. The minimum absolute atomic E-state index is 0.0126. The monoisotopic (exact) mass is 472 g/mol. The molecule has 2 rings (SSSR count). The van der Waals surface area contributed by atoms with Crippen LogP contribution < -0.4 is 0 Å². The van der Waals surface area contributed by atoms with Gasteiger partial charge in [-0.25, -0.2) is 22.4 Å². The van der Waals surface area contributed by atoms with Gasteiger partial charge in [0, 0.05) is 18.2 Å². The number of rotatable bonds is 4. The Morgan fingerprint density at radius 3 is 2.34 bits per heavy atom. The number of hydrogen-bond acceptors (Lipinski definition) is 3. The molecule has 0 unspecified atom stereocenters. The second-order valence-electron chi connectivity index (χ2n) is 8.38. The average Bonchev–Trinajstić information content (AvgIpc) is 2.64. The molecule has 1 aliphatic rings. The van der Waals surface area contributed by atoms with Gasteiger partial charge in [-0.05, 0) is 51.8 Å². The second kappa shape index (κ2) is 9.53. The number of carbonyl (C=O) groups excluding carboxylic acids is 2. The van der Waals surface area contributed by atoms with Gasteiger partial charge in [-0.15, -0.1) is 0 Å². The highest BCUT2D eigenvalue weighted by molar-refractivity contribution is 5.82. The van der Waals surface area contributed by atoms with Gasteiger partial charge in [0.25, 0.3) is 6.43 Å². The molecule has 0 bridgehead atoms. The molecule has 2 amide bonds. The molecule has 1 saturated heterocycles. The van der Waals surface area contributed by atoms with Crippen molar-refractivity contribution in [1.82, 2.24) is 9.80 Å². The molecule has 32 heavy (non-hydrogen) atoms. The third-order valence-corrected chi connectivity index (χ3v) is 4.80. The van der Waals surface area contributed by atoms with Gasteiger partial charge < -0.3 is 14.5 Å². The third kappa shape index (κ3) is 6.49. The van der Waals surface area contributed by atoms with Crippen LogP contribution in [0.25, 0.3) is 0 Å². The summed E-state index contributed by atoms with van der Waals surface area (Å²) in [6, 6.07) is -0.389. The van der Waals surface area contributed by atoms with Gasteiger partial charge >= 0.3 is 18.2 Å². The summed E-state index contributed by atoms with van der Waals surface area (Å²) in [5.41, 5.74) is -1.33. The van der Waals surface area contributed by atoms with Crippen molar-refractivity contribution in [2.75, 3.05) is 13.1 Å². The first-order valence-corrected chi connectivity index (χ1v) is 9.70. The van der Waals surface area contributed by atoms with Crippen LogP contribution in [-0.2, 0) is 9.53 Å². The van der Waals surface area contributed by atoms with E-state index in [1.54, 1.807) is 20.8 Å². The third-order valence-electron chi connectivity index (χ3n) is 4.80. The number of ether oxygens (including phenoxy) is 1. The molecule has 0 N–H and O–H groups in total. The standard InChI is InChI=1S/C20H23F7N2O3/c1-19(2,3)32-18(31)28-7-6-12(29(10-16(23)24)17(30)20(25,26)27)9-15(28)13-8-11(21)4-5-14(13)22/h4-5,8,12,15-16H,6-7,9-10H2,1-3H3/t12-,15+/m1/s1. The Morgan fingerprint density at radius 2 is 1.81 bits per heavy atom. The normalized spacial score (nSPS) is 19.8. The molecule has 0 aliphatic carbocycles. The van der Waals surface area contributed by atoms with E-state index < -0.39 is 66.9 Å². The van der Waals surface area contributed by atoms with Crippen LogP contribution in [-0.4, -0.2) is 59.1 Å². The lowest BCUT2D eigenvalue weighted by Gasteiger charge is -2.43. The SMILES string of the molecule is CC(C)(C)OC(=O)N1CC[C@@H](N(CC(F)F)C(=O)C(F)(F)F)C[C@H]1c1cc(F)ccc1F. The summed E-state index contributed by atoms with van der Waals surface area (Å²) in [7, 11) is 0. The minimum atomic E-state index is -5.41. The number of piperidine rings is 1. The maximum atomic E-state index is 14.5. The van der Waals surface area contributed by atoms with Crippen molar-refractivity contribution in [3.8, 4) is 0 Å². The molecule has 0 saturated carbocycles. The molecule has 1 aliphatic heterocycles. The van der Waals surface area contributed by atoms with Crippen LogP contribution in [0.1, 0.15) is 45.2 Å². The molecule has 1 fully saturated rings. The van der Waals surface area contributed by atoms with Crippen molar-refractivity contribution >= 4 is 12.0 Å². The molecule has 0 spiro atoms. The summed E-state index contributed by atoms with van der Waals surface area (Å²) in [4.78, 5) is 25.4. The number of amides is 2. The van der Waals surface area contributed by atoms with E-state index in [-0.39, 0.29) is 23.4 Å². The fraction of sp³-hybridized carbons (Fsp3) is 0.600. The van der Waals surface area contributed by atoms with Crippen molar-refractivity contribution in [3.05, 3.63) is 35.4 Å². The number of likely N-dealkylation sites (tertiary alicyclic amines) is 1. The van der Waals surface area contributed by atoms with Crippen LogP contribution in [0.15, 0.2) is 18.2 Å². The van der Waals surface area contributed by atoms with Crippen LogP contribution in [0.3, 0.4) is 0 Å². The van der Waals surface area contributed by atoms with Crippen molar-refractivity contribution < 1.29 is 45.1 Å². The first-order chi connectivity index (χ1) is 14.6. The highest BCUT2D eigenvalue weighted by atomic mass is 19.4. The molecule has 5 nitrogen and oxygen atoms in total. The molecule has 12 heteroatoms. The van der Waals surface area contributed by atoms with Crippen LogP contribution in [0.5, 0.6) is 0 Å². The molecule has 0 radical (unpaired) electrons. The van der Waals surface area contributed by atoms with Gasteiger partial charge in [-0.1, -0.05) is 0 Å². The zero-order valence-corrected chi connectivity index (χ0v) is 17.6. The molecular formula is C20H23F7N2O3. The Bertz CT molecular complexity index is 839. The van der Waals surface area contributed by atoms with E-state index in [9.17, 15) is 40.3 Å². The van der Waals surface area contributed by atoms with Crippen LogP contribution in [0, 0.1) is 11.6 Å². The van der Waals surface area contributed by atoms with Gasteiger partial charge in [-0.2, -0.15) is 13.2 Å². The summed E-state index contributed by atoms with van der Waals surface area (Å²) in [5.74, 6) is -4.29. The Balaban J connectivity index is 2.45. The smallest absolute Gasteiger partial charge is 0.444 e.